The van der Waals surface area contributed by atoms with E-state index in [4.69, 9.17) is 4.74 Å². The first-order chi connectivity index (χ1) is 9.02. The van der Waals surface area contributed by atoms with Crippen molar-refractivity contribution in [2.45, 2.75) is 19.4 Å². The second kappa shape index (κ2) is 4.88. The topological polar surface area (TPSA) is 52.6 Å². The van der Waals surface area contributed by atoms with Crippen molar-refractivity contribution in [2.75, 3.05) is 7.11 Å². The van der Waals surface area contributed by atoms with E-state index in [2.05, 4.69) is 4.74 Å². The molecule has 1 atom stereocenters. The van der Waals surface area contributed by atoms with Gasteiger partial charge in [-0.2, -0.15) is 0 Å². The molecule has 0 saturated heterocycles. The predicted molar refractivity (Wildman–Crippen MR) is 69.1 cm³/mol. The Hall–Kier alpha value is -2.10. The summed E-state index contributed by atoms with van der Waals surface area (Å²) < 4.78 is 10.3. The van der Waals surface area contributed by atoms with E-state index < -0.39 is 11.6 Å². The van der Waals surface area contributed by atoms with Crippen molar-refractivity contribution in [3.63, 3.8) is 0 Å². The molecular weight excluding hydrogens is 244 g/mol. The maximum Gasteiger partial charge on any atom is 0.373 e. The van der Waals surface area contributed by atoms with Gasteiger partial charge in [0.05, 0.1) is 7.11 Å². The molecule has 1 aliphatic rings. The van der Waals surface area contributed by atoms with Crippen LogP contribution in [0.5, 0.6) is 0 Å². The third-order valence-electron chi connectivity index (χ3n) is 3.30. The van der Waals surface area contributed by atoms with E-state index in [1.54, 1.807) is 0 Å². The summed E-state index contributed by atoms with van der Waals surface area (Å²) in [4.78, 5) is 23.9. The van der Waals surface area contributed by atoms with E-state index in [9.17, 15) is 9.59 Å². The van der Waals surface area contributed by atoms with Gasteiger partial charge >= 0.3 is 5.97 Å². The molecular formula is C15H16O4. The predicted octanol–water partition coefficient (Wildman–Crippen LogP) is 2.19. The van der Waals surface area contributed by atoms with Crippen LogP contribution >= 0.6 is 0 Å². The van der Waals surface area contributed by atoms with Gasteiger partial charge in [-0.3, -0.25) is 4.79 Å². The molecule has 1 heterocycles. The number of hydrogen-bond acceptors (Lipinski definition) is 4. The molecule has 0 bridgehead atoms. The lowest BCUT2D eigenvalue weighted by molar-refractivity contribution is -0.147. The molecule has 19 heavy (non-hydrogen) atoms. The van der Waals surface area contributed by atoms with Crippen LogP contribution in [0.25, 0.3) is 0 Å². The van der Waals surface area contributed by atoms with E-state index in [1.165, 1.54) is 13.2 Å². The van der Waals surface area contributed by atoms with Crippen LogP contribution in [0.2, 0.25) is 0 Å². The highest BCUT2D eigenvalue weighted by Gasteiger charge is 2.50. The van der Waals surface area contributed by atoms with E-state index in [-0.39, 0.29) is 17.5 Å². The standard InChI is InChI=1S/C15H16O4/c1-10(2)15(11-7-5-4-6-8-11)13(16)9-12(19-15)14(17)18-3/h4-10H,1-3H3. The average molecular weight is 260 g/mol. The summed E-state index contributed by atoms with van der Waals surface area (Å²) in [7, 11) is 1.26. The van der Waals surface area contributed by atoms with Gasteiger partial charge in [0.25, 0.3) is 0 Å². The summed E-state index contributed by atoms with van der Waals surface area (Å²) in [5.41, 5.74) is -0.393. The number of esters is 1. The Kier molecular flexibility index (Phi) is 3.42. The monoisotopic (exact) mass is 260 g/mol. The van der Waals surface area contributed by atoms with Crippen molar-refractivity contribution in [1.82, 2.24) is 0 Å². The van der Waals surface area contributed by atoms with Crippen molar-refractivity contribution in [3.05, 3.63) is 47.7 Å². The normalized spacial score (nSPS) is 22.1. The van der Waals surface area contributed by atoms with Crippen LogP contribution < -0.4 is 0 Å². The van der Waals surface area contributed by atoms with Gasteiger partial charge in [-0.25, -0.2) is 4.79 Å². The van der Waals surface area contributed by atoms with Crippen LogP contribution in [0, 0.1) is 5.92 Å². The number of benzene rings is 1. The smallest absolute Gasteiger partial charge is 0.373 e. The zero-order chi connectivity index (χ0) is 14.0. The minimum atomic E-state index is -1.13. The maximum atomic E-state index is 12.4. The second-order valence-corrected chi connectivity index (χ2v) is 4.72. The number of ether oxygens (including phenoxy) is 2. The fraction of sp³-hybridized carbons (Fsp3) is 0.333. The summed E-state index contributed by atoms with van der Waals surface area (Å²) in [5.74, 6) is -1.01. The van der Waals surface area contributed by atoms with Crippen molar-refractivity contribution in [1.29, 1.82) is 0 Å². The lowest BCUT2D eigenvalue weighted by Crippen LogP contribution is -2.39. The van der Waals surface area contributed by atoms with Crippen molar-refractivity contribution < 1.29 is 19.1 Å². The fourth-order valence-electron chi connectivity index (χ4n) is 2.30. The summed E-state index contributed by atoms with van der Waals surface area (Å²) in [5, 5.41) is 0. The molecule has 0 N–H and O–H groups in total. The van der Waals surface area contributed by atoms with Gasteiger partial charge in [-0.15, -0.1) is 0 Å². The highest BCUT2D eigenvalue weighted by molar-refractivity contribution is 6.06. The van der Waals surface area contributed by atoms with E-state index in [0.717, 1.165) is 5.56 Å². The van der Waals surface area contributed by atoms with Crippen LogP contribution in [-0.2, 0) is 24.7 Å². The summed E-state index contributed by atoms with van der Waals surface area (Å²) >= 11 is 0. The lowest BCUT2D eigenvalue weighted by atomic mass is 9.80. The van der Waals surface area contributed by atoms with Crippen molar-refractivity contribution in [2.24, 2.45) is 5.92 Å². The third-order valence-corrected chi connectivity index (χ3v) is 3.30. The Morgan fingerprint density at radius 1 is 1.26 bits per heavy atom. The molecule has 1 unspecified atom stereocenters. The molecule has 0 saturated carbocycles. The van der Waals surface area contributed by atoms with E-state index >= 15 is 0 Å². The Morgan fingerprint density at radius 3 is 2.42 bits per heavy atom. The Balaban J connectivity index is 2.46. The molecule has 100 valence electrons. The molecule has 1 aliphatic heterocycles. The minimum Gasteiger partial charge on any atom is -0.466 e. The molecule has 4 nitrogen and oxygen atoms in total. The van der Waals surface area contributed by atoms with Gasteiger partial charge in [0.1, 0.15) is 0 Å². The highest BCUT2D eigenvalue weighted by Crippen LogP contribution is 2.41. The molecule has 0 radical (unpaired) electrons. The Bertz CT molecular complexity index is 530. The molecule has 1 aromatic rings. The Morgan fingerprint density at radius 2 is 1.89 bits per heavy atom. The minimum absolute atomic E-state index is 0.0370. The highest BCUT2D eigenvalue weighted by atomic mass is 16.6. The van der Waals surface area contributed by atoms with Gasteiger partial charge in [-0.1, -0.05) is 44.2 Å². The first kappa shape index (κ1) is 13.3. The van der Waals surface area contributed by atoms with Crippen molar-refractivity contribution >= 4 is 11.8 Å². The van der Waals surface area contributed by atoms with Crippen LogP contribution in [0.3, 0.4) is 0 Å². The van der Waals surface area contributed by atoms with Gasteiger partial charge in [0.2, 0.25) is 11.5 Å². The van der Waals surface area contributed by atoms with Crippen LogP contribution in [-0.4, -0.2) is 18.9 Å². The molecule has 0 amide bonds. The summed E-state index contributed by atoms with van der Waals surface area (Å²) in [6.45, 7) is 3.78. The molecule has 4 heteroatoms. The molecule has 2 rings (SSSR count). The lowest BCUT2D eigenvalue weighted by Gasteiger charge is -2.32. The largest absolute Gasteiger partial charge is 0.466 e. The molecule has 0 aliphatic carbocycles. The summed E-state index contributed by atoms with van der Waals surface area (Å²) in [6.07, 6.45) is 1.22. The number of carbonyl (C=O) groups is 2. The van der Waals surface area contributed by atoms with E-state index in [0.29, 0.717) is 0 Å². The number of methoxy groups -OCH3 is 1. The molecule has 0 fully saturated rings. The number of carbonyl (C=O) groups excluding carboxylic acids is 2. The van der Waals surface area contributed by atoms with E-state index in [1.807, 2.05) is 44.2 Å². The van der Waals surface area contributed by atoms with Gasteiger partial charge in [0.15, 0.2) is 5.60 Å². The molecule has 1 aromatic carbocycles. The van der Waals surface area contributed by atoms with Crippen LogP contribution in [0.4, 0.5) is 0 Å². The van der Waals surface area contributed by atoms with Crippen molar-refractivity contribution in [3.8, 4) is 0 Å². The fourth-order valence-corrected chi connectivity index (χ4v) is 2.30. The quantitative estimate of drug-likeness (QED) is 0.782. The third kappa shape index (κ3) is 2.03. The Labute approximate surface area is 112 Å². The molecule has 0 spiro atoms. The first-order valence-corrected chi connectivity index (χ1v) is 6.11. The van der Waals surface area contributed by atoms with Gasteiger partial charge in [-0.05, 0) is 0 Å². The van der Waals surface area contributed by atoms with Gasteiger partial charge < -0.3 is 9.47 Å². The SMILES string of the molecule is COC(=O)C1=CC(=O)C(c2ccccc2)(C(C)C)O1. The van der Waals surface area contributed by atoms with Gasteiger partial charge in [0, 0.05) is 17.6 Å². The zero-order valence-corrected chi connectivity index (χ0v) is 11.2. The van der Waals surface area contributed by atoms with Crippen LogP contribution in [0.15, 0.2) is 42.2 Å². The number of ketones is 1. The number of hydrogen-bond donors (Lipinski definition) is 0. The molecule has 0 aromatic heterocycles. The maximum absolute atomic E-state index is 12.4. The summed E-state index contributed by atoms with van der Waals surface area (Å²) in [6, 6.07) is 9.20. The average Bonchev–Trinajstić information content (AvgIpc) is 2.77. The number of rotatable bonds is 3. The van der Waals surface area contributed by atoms with Crippen LogP contribution in [0.1, 0.15) is 19.4 Å². The first-order valence-electron chi connectivity index (χ1n) is 6.11. The second-order valence-electron chi connectivity index (χ2n) is 4.72. The zero-order valence-electron chi connectivity index (χ0n) is 11.2.